The van der Waals surface area contributed by atoms with E-state index in [4.69, 9.17) is 16.0 Å². The minimum atomic E-state index is -0.502. The molecule has 9 heteroatoms. The quantitative estimate of drug-likeness (QED) is 0.519. The molecule has 0 spiro atoms. The number of nitro groups is 1. The molecule has 0 saturated heterocycles. The lowest BCUT2D eigenvalue weighted by atomic mass is 10.2. The number of aryl methyl sites for hydroxylation is 1. The van der Waals surface area contributed by atoms with E-state index in [0.717, 1.165) is 0 Å². The van der Waals surface area contributed by atoms with Crippen molar-refractivity contribution in [3.05, 3.63) is 69.6 Å². The predicted octanol–water partition coefficient (Wildman–Crippen LogP) is 3.87. The average Bonchev–Trinajstić information content (AvgIpc) is 3.09. The van der Waals surface area contributed by atoms with Crippen LogP contribution in [0.1, 0.15) is 12.3 Å². The van der Waals surface area contributed by atoms with E-state index in [-0.39, 0.29) is 24.4 Å². The summed E-state index contributed by atoms with van der Waals surface area (Å²) in [5, 5.41) is 21.6. The molecule has 0 atom stereocenters. The van der Waals surface area contributed by atoms with Gasteiger partial charge in [-0.25, -0.2) is 0 Å². The number of nitro benzene ring substituents is 1. The van der Waals surface area contributed by atoms with E-state index in [9.17, 15) is 14.9 Å². The highest BCUT2D eigenvalue weighted by Gasteiger charge is 2.13. The first-order chi connectivity index (χ1) is 12.5. The number of anilines is 1. The highest BCUT2D eigenvalue weighted by molar-refractivity contribution is 6.33. The fourth-order valence-electron chi connectivity index (χ4n) is 2.21. The van der Waals surface area contributed by atoms with Crippen molar-refractivity contribution in [3.63, 3.8) is 0 Å². The first-order valence-electron chi connectivity index (χ1n) is 7.64. The van der Waals surface area contributed by atoms with Gasteiger partial charge in [-0.1, -0.05) is 23.7 Å². The number of nitrogens with zero attached hydrogens (tertiary/aromatic N) is 3. The molecule has 1 N–H and O–H groups in total. The summed E-state index contributed by atoms with van der Waals surface area (Å²) in [4.78, 5) is 22.1. The fraction of sp³-hybridized carbons (Fsp3) is 0.118. The van der Waals surface area contributed by atoms with E-state index >= 15 is 0 Å². The van der Waals surface area contributed by atoms with Gasteiger partial charge in [0.25, 0.3) is 5.69 Å². The number of nitrogens with one attached hydrogen (secondary N) is 1. The Morgan fingerprint density at radius 2 is 1.88 bits per heavy atom. The van der Waals surface area contributed by atoms with Crippen LogP contribution in [0.5, 0.6) is 0 Å². The Morgan fingerprint density at radius 3 is 2.58 bits per heavy atom. The molecule has 26 heavy (non-hydrogen) atoms. The number of carbonyl (C=O) groups is 1. The number of benzene rings is 2. The maximum absolute atomic E-state index is 12.0. The van der Waals surface area contributed by atoms with Crippen molar-refractivity contribution in [2.24, 2.45) is 0 Å². The molecule has 0 unspecified atom stereocenters. The second-order valence-corrected chi connectivity index (χ2v) is 5.74. The van der Waals surface area contributed by atoms with E-state index in [1.807, 2.05) is 6.07 Å². The van der Waals surface area contributed by atoms with E-state index in [1.165, 1.54) is 24.3 Å². The second-order valence-electron chi connectivity index (χ2n) is 5.33. The van der Waals surface area contributed by atoms with Crippen LogP contribution in [0.2, 0.25) is 5.02 Å². The van der Waals surface area contributed by atoms with Crippen LogP contribution in [0.4, 0.5) is 11.4 Å². The van der Waals surface area contributed by atoms with Gasteiger partial charge < -0.3 is 9.73 Å². The van der Waals surface area contributed by atoms with Crippen molar-refractivity contribution in [2.75, 3.05) is 5.32 Å². The minimum Gasteiger partial charge on any atom is -0.421 e. The van der Waals surface area contributed by atoms with Gasteiger partial charge in [0.2, 0.25) is 17.7 Å². The van der Waals surface area contributed by atoms with Gasteiger partial charge in [-0.2, -0.15) is 0 Å². The lowest BCUT2D eigenvalue weighted by molar-refractivity contribution is -0.384. The number of halogens is 1. The first-order valence-corrected chi connectivity index (χ1v) is 8.02. The number of aromatic nitrogens is 2. The molecule has 0 saturated carbocycles. The molecule has 132 valence electrons. The topological polar surface area (TPSA) is 111 Å². The zero-order chi connectivity index (χ0) is 18.5. The summed E-state index contributed by atoms with van der Waals surface area (Å²) in [6.45, 7) is 0. The molecule has 3 rings (SSSR count). The number of hydrogen-bond donors (Lipinski definition) is 1. The van der Waals surface area contributed by atoms with Gasteiger partial charge in [-0.15, -0.1) is 10.2 Å². The van der Waals surface area contributed by atoms with Gasteiger partial charge in [0, 0.05) is 30.7 Å². The van der Waals surface area contributed by atoms with Crippen molar-refractivity contribution >= 4 is 28.9 Å². The maximum Gasteiger partial charge on any atom is 0.269 e. The summed E-state index contributed by atoms with van der Waals surface area (Å²) in [7, 11) is 0. The van der Waals surface area contributed by atoms with Gasteiger partial charge in [0.15, 0.2) is 0 Å². The lowest BCUT2D eigenvalue weighted by Crippen LogP contribution is -2.12. The number of hydrogen-bond acceptors (Lipinski definition) is 6. The summed E-state index contributed by atoms with van der Waals surface area (Å²) in [5.41, 5.74) is 1.06. The van der Waals surface area contributed by atoms with Crippen molar-refractivity contribution in [3.8, 4) is 11.5 Å². The molecule has 1 aromatic heterocycles. The summed E-state index contributed by atoms with van der Waals surface area (Å²) in [6, 6.07) is 12.7. The highest BCUT2D eigenvalue weighted by Crippen LogP contribution is 2.26. The molecular weight excluding hydrogens is 360 g/mol. The SMILES string of the molecule is O=C(CCc1nnc(-c2ccccc2Cl)o1)Nc1ccc([N+](=O)[O-])cc1. The van der Waals surface area contributed by atoms with Crippen molar-refractivity contribution in [1.29, 1.82) is 0 Å². The van der Waals surface area contributed by atoms with Crippen LogP contribution >= 0.6 is 11.6 Å². The second kappa shape index (κ2) is 7.75. The largest absolute Gasteiger partial charge is 0.421 e. The molecule has 8 nitrogen and oxygen atoms in total. The van der Waals surface area contributed by atoms with Crippen LogP contribution in [-0.2, 0) is 11.2 Å². The van der Waals surface area contributed by atoms with E-state index < -0.39 is 4.92 Å². The molecule has 1 amide bonds. The third-order valence-electron chi connectivity index (χ3n) is 3.50. The molecule has 0 fully saturated rings. The number of carbonyl (C=O) groups excluding carboxylic acids is 1. The van der Waals surface area contributed by atoms with Gasteiger partial charge in [0.05, 0.1) is 15.5 Å². The Hall–Kier alpha value is -3.26. The summed E-state index contributed by atoms with van der Waals surface area (Å²) in [6.07, 6.45) is 0.386. The van der Waals surface area contributed by atoms with Crippen LogP contribution in [0.15, 0.2) is 52.9 Å². The molecule has 2 aromatic carbocycles. The van der Waals surface area contributed by atoms with Crippen molar-refractivity contribution in [1.82, 2.24) is 10.2 Å². The molecule has 0 aliphatic carbocycles. The third-order valence-corrected chi connectivity index (χ3v) is 3.83. The molecular formula is C17H13ClN4O4. The monoisotopic (exact) mass is 372 g/mol. The zero-order valence-electron chi connectivity index (χ0n) is 13.4. The minimum absolute atomic E-state index is 0.0408. The van der Waals surface area contributed by atoms with Gasteiger partial charge in [-0.3, -0.25) is 14.9 Å². The normalized spacial score (nSPS) is 10.5. The molecule has 1 heterocycles. The van der Waals surface area contributed by atoms with Crippen LogP contribution in [0, 0.1) is 10.1 Å². The Bertz CT molecular complexity index is 940. The summed E-state index contributed by atoms with van der Waals surface area (Å²) in [5.74, 6) is 0.344. The smallest absolute Gasteiger partial charge is 0.269 e. The fourth-order valence-corrected chi connectivity index (χ4v) is 2.43. The highest BCUT2D eigenvalue weighted by atomic mass is 35.5. The van der Waals surface area contributed by atoms with Crippen LogP contribution in [-0.4, -0.2) is 21.0 Å². The van der Waals surface area contributed by atoms with Gasteiger partial charge in [0.1, 0.15) is 0 Å². The number of rotatable bonds is 6. The molecule has 0 aliphatic heterocycles. The predicted molar refractivity (Wildman–Crippen MR) is 94.8 cm³/mol. The van der Waals surface area contributed by atoms with E-state index in [0.29, 0.717) is 28.1 Å². The molecule has 0 aliphatic rings. The standard InChI is InChI=1S/C17H13ClN4O4/c18-14-4-2-1-3-13(14)17-21-20-16(26-17)10-9-15(23)19-11-5-7-12(8-6-11)22(24)25/h1-8H,9-10H2,(H,19,23). The zero-order valence-corrected chi connectivity index (χ0v) is 14.1. The summed E-state index contributed by atoms with van der Waals surface area (Å²) >= 11 is 6.08. The Morgan fingerprint density at radius 1 is 1.15 bits per heavy atom. The maximum atomic E-state index is 12.0. The molecule has 3 aromatic rings. The van der Waals surface area contributed by atoms with E-state index in [2.05, 4.69) is 15.5 Å². The first kappa shape index (κ1) is 17.6. The number of non-ortho nitro benzene ring substituents is 1. The molecule has 0 bridgehead atoms. The Labute approximate surface area is 153 Å². The van der Waals surface area contributed by atoms with Crippen LogP contribution < -0.4 is 5.32 Å². The van der Waals surface area contributed by atoms with Crippen molar-refractivity contribution < 1.29 is 14.1 Å². The van der Waals surface area contributed by atoms with Crippen LogP contribution in [0.25, 0.3) is 11.5 Å². The molecule has 0 radical (unpaired) electrons. The van der Waals surface area contributed by atoms with Crippen molar-refractivity contribution in [2.45, 2.75) is 12.8 Å². The summed E-state index contributed by atoms with van der Waals surface area (Å²) < 4.78 is 5.53. The Balaban J connectivity index is 1.56. The third kappa shape index (κ3) is 4.22. The number of amides is 1. The average molecular weight is 373 g/mol. The lowest BCUT2D eigenvalue weighted by Gasteiger charge is -2.03. The van der Waals surface area contributed by atoms with Gasteiger partial charge in [-0.05, 0) is 24.3 Å². The van der Waals surface area contributed by atoms with Gasteiger partial charge >= 0.3 is 0 Å². The Kier molecular flexibility index (Phi) is 5.23. The van der Waals surface area contributed by atoms with Crippen LogP contribution in [0.3, 0.4) is 0 Å². The van der Waals surface area contributed by atoms with E-state index in [1.54, 1.807) is 18.2 Å².